The first-order valence-corrected chi connectivity index (χ1v) is 8.00. The normalized spacial score (nSPS) is 20.1. The van der Waals surface area contributed by atoms with Gasteiger partial charge in [0.1, 0.15) is 11.3 Å². The van der Waals surface area contributed by atoms with E-state index in [9.17, 15) is 5.11 Å². The van der Waals surface area contributed by atoms with Gasteiger partial charge >= 0.3 is 0 Å². The van der Waals surface area contributed by atoms with E-state index in [-0.39, 0.29) is 18.0 Å². The van der Waals surface area contributed by atoms with Crippen LogP contribution < -0.4 is 11.1 Å². The average molecular weight is 325 g/mol. The van der Waals surface area contributed by atoms with Crippen LogP contribution in [0.1, 0.15) is 35.9 Å². The molecule has 1 saturated carbocycles. The summed E-state index contributed by atoms with van der Waals surface area (Å²) in [5, 5.41) is 12.6. The minimum absolute atomic E-state index is 0.227. The summed E-state index contributed by atoms with van der Waals surface area (Å²) in [4.78, 5) is 13.0. The maximum Gasteiger partial charge on any atom is 0.222 e. The van der Waals surface area contributed by atoms with E-state index in [4.69, 9.17) is 10.2 Å². The number of nitrogen functional groups attached to an aromatic ring is 1. The van der Waals surface area contributed by atoms with E-state index in [2.05, 4.69) is 20.3 Å². The highest BCUT2D eigenvalue weighted by Gasteiger charge is 2.30. The molecule has 0 unspecified atom stereocenters. The second kappa shape index (κ2) is 5.76. The number of para-hydroxylation sites is 1. The van der Waals surface area contributed by atoms with E-state index in [1.807, 2.05) is 31.2 Å². The van der Waals surface area contributed by atoms with E-state index in [0.717, 1.165) is 35.2 Å². The molecule has 7 nitrogen and oxygen atoms in total. The summed E-state index contributed by atoms with van der Waals surface area (Å²) in [7, 11) is 0. The van der Waals surface area contributed by atoms with Crippen LogP contribution in [0.25, 0.3) is 11.1 Å². The minimum atomic E-state index is -0.231. The zero-order chi connectivity index (χ0) is 16.7. The van der Waals surface area contributed by atoms with Crippen molar-refractivity contribution in [3.05, 3.63) is 41.4 Å². The number of nitrogens with zero attached hydrogens (tertiary/aromatic N) is 3. The molecule has 4 rings (SSSR count). The summed E-state index contributed by atoms with van der Waals surface area (Å²) in [6.07, 6.45) is 1.21. The number of anilines is 2. The standard InChI is InChI=1S/C17H19N5O2/c1-9-3-2-4-13-16(9)22-15(24-13)8-19-14-7-12(20-17(18)21-14)10-5-11(23)6-10/h2-4,7,10-11,23H,5-6,8H2,1H3,(H3,18,19,20,21). The number of oxazole rings is 1. The first-order valence-electron chi connectivity index (χ1n) is 8.00. The minimum Gasteiger partial charge on any atom is -0.439 e. The van der Waals surface area contributed by atoms with Gasteiger partial charge in [-0.2, -0.15) is 4.98 Å². The summed E-state index contributed by atoms with van der Waals surface area (Å²) < 4.78 is 5.74. The second-order valence-electron chi connectivity index (χ2n) is 6.24. The topological polar surface area (TPSA) is 110 Å². The molecule has 3 aromatic rings. The molecule has 1 fully saturated rings. The Morgan fingerprint density at radius 1 is 1.29 bits per heavy atom. The molecule has 2 heterocycles. The third-order valence-corrected chi connectivity index (χ3v) is 4.38. The molecule has 0 amide bonds. The largest absolute Gasteiger partial charge is 0.439 e. The lowest BCUT2D eigenvalue weighted by molar-refractivity contribution is 0.0732. The number of aliphatic hydroxyl groups excluding tert-OH is 1. The molecule has 0 bridgehead atoms. The third kappa shape index (κ3) is 2.78. The van der Waals surface area contributed by atoms with Crippen LogP contribution in [-0.2, 0) is 6.54 Å². The number of benzene rings is 1. The summed E-state index contributed by atoms with van der Waals surface area (Å²) in [6.45, 7) is 2.42. The number of fused-ring (bicyclic) bond motifs is 1. The van der Waals surface area contributed by atoms with Gasteiger partial charge in [0.15, 0.2) is 5.58 Å². The monoisotopic (exact) mass is 325 g/mol. The fourth-order valence-corrected chi connectivity index (χ4v) is 2.99. The molecule has 4 N–H and O–H groups in total. The highest BCUT2D eigenvalue weighted by molar-refractivity contribution is 5.76. The lowest BCUT2D eigenvalue weighted by Crippen LogP contribution is -2.27. The van der Waals surface area contributed by atoms with Crippen molar-refractivity contribution < 1.29 is 9.52 Å². The van der Waals surface area contributed by atoms with Crippen molar-refractivity contribution >= 4 is 22.9 Å². The maximum atomic E-state index is 9.45. The second-order valence-corrected chi connectivity index (χ2v) is 6.24. The van der Waals surface area contributed by atoms with Gasteiger partial charge in [-0.15, -0.1) is 0 Å². The van der Waals surface area contributed by atoms with Gasteiger partial charge < -0.3 is 20.6 Å². The van der Waals surface area contributed by atoms with Crippen LogP contribution in [0.4, 0.5) is 11.8 Å². The van der Waals surface area contributed by atoms with Gasteiger partial charge in [-0.05, 0) is 31.4 Å². The number of aryl methyl sites for hydroxylation is 1. The molecule has 0 spiro atoms. The number of hydrogen-bond acceptors (Lipinski definition) is 7. The molecule has 0 radical (unpaired) electrons. The molecule has 7 heteroatoms. The fourth-order valence-electron chi connectivity index (χ4n) is 2.99. The summed E-state index contributed by atoms with van der Waals surface area (Å²) in [6, 6.07) is 7.74. The summed E-state index contributed by atoms with van der Waals surface area (Å²) in [5.74, 6) is 1.71. The van der Waals surface area contributed by atoms with E-state index < -0.39 is 0 Å². The van der Waals surface area contributed by atoms with Gasteiger partial charge in [0, 0.05) is 12.0 Å². The van der Waals surface area contributed by atoms with Crippen LogP contribution in [0, 0.1) is 6.92 Å². The number of aromatic nitrogens is 3. The molecule has 124 valence electrons. The fraction of sp³-hybridized carbons (Fsp3) is 0.353. The van der Waals surface area contributed by atoms with Crippen molar-refractivity contribution in [3.8, 4) is 0 Å². The summed E-state index contributed by atoms with van der Waals surface area (Å²) >= 11 is 0. The highest BCUT2D eigenvalue weighted by atomic mass is 16.3. The number of hydrogen-bond donors (Lipinski definition) is 3. The van der Waals surface area contributed by atoms with Crippen LogP contribution in [0.15, 0.2) is 28.7 Å². The van der Waals surface area contributed by atoms with Crippen LogP contribution in [-0.4, -0.2) is 26.2 Å². The Morgan fingerprint density at radius 2 is 2.12 bits per heavy atom. The van der Waals surface area contributed by atoms with E-state index in [1.54, 1.807) is 0 Å². The van der Waals surface area contributed by atoms with Gasteiger partial charge in [0.25, 0.3) is 0 Å². The average Bonchev–Trinajstić information content (AvgIpc) is 2.94. The molecule has 1 aliphatic carbocycles. The van der Waals surface area contributed by atoms with Crippen molar-refractivity contribution in [2.75, 3.05) is 11.1 Å². The zero-order valence-corrected chi connectivity index (χ0v) is 13.4. The molecular weight excluding hydrogens is 306 g/mol. The van der Waals surface area contributed by atoms with E-state index in [0.29, 0.717) is 18.3 Å². The van der Waals surface area contributed by atoms with E-state index in [1.165, 1.54) is 0 Å². The van der Waals surface area contributed by atoms with Gasteiger partial charge in [0.2, 0.25) is 11.8 Å². The SMILES string of the molecule is Cc1cccc2oc(CNc3cc(C4CC(O)C4)nc(N)n3)nc12. The quantitative estimate of drug-likeness (QED) is 0.675. The van der Waals surface area contributed by atoms with Gasteiger partial charge in [-0.1, -0.05) is 12.1 Å². The Hall–Kier alpha value is -2.67. The lowest BCUT2D eigenvalue weighted by atomic mass is 9.80. The first kappa shape index (κ1) is 14.9. The van der Waals surface area contributed by atoms with Crippen LogP contribution >= 0.6 is 0 Å². The molecule has 2 aromatic heterocycles. The molecule has 1 aromatic carbocycles. The number of nitrogens with two attached hydrogens (primary N) is 1. The molecule has 0 saturated heterocycles. The van der Waals surface area contributed by atoms with Crippen molar-refractivity contribution in [1.82, 2.24) is 15.0 Å². The smallest absolute Gasteiger partial charge is 0.222 e. The molecular formula is C17H19N5O2. The van der Waals surface area contributed by atoms with Crippen molar-refractivity contribution in [3.63, 3.8) is 0 Å². The Balaban J connectivity index is 1.51. The maximum absolute atomic E-state index is 9.45. The predicted octanol–water partition coefficient (Wildman–Crippen LogP) is 2.36. The van der Waals surface area contributed by atoms with Gasteiger partial charge in [-0.25, -0.2) is 9.97 Å². The third-order valence-electron chi connectivity index (χ3n) is 4.38. The lowest BCUT2D eigenvalue weighted by Gasteiger charge is -2.30. The molecule has 0 atom stereocenters. The Labute approximate surface area is 138 Å². The van der Waals surface area contributed by atoms with Crippen LogP contribution in [0.2, 0.25) is 0 Å². The summed E-state index contributed by atoms with van der Waals surface area (Å²) in [5.41, 5.74) is 9.40. The Kier molecular flexibility index (Phi) is 3.57. The molecule has 0 aliphatic heterocycles. The van der Waals surface area contributed by atoms with Crippen LogP contribution in [0.3, 0.4) is 0 Å². The van der Waals surface area contributed by atoms with Gasteiger partial charge in [-0.3, -0.25) is 0 Å². The highest BCUT2D eigenvalue weighted by Crippen LogP contribution is 2.36. The number of rotatable bonds is 4. The zero-order valence-electron chi connectivity index (χ0n) is 13.4. The van der Waals surface area contributed by atoms with Crippen molar-refractivity contribution in [1.29, 1.82) is 0 Å². The predicted molar refractivity (Wildman–Crippen MR) is 90.5 cm³/mol. The van der Waals surface area contributed by atoms with E-state index >= 15 is 0 Å². The van der Waals surface area contributed by atoms with Crippen LogP contribution in [0.5, 0.6) is 0 Å². The Bertz CT molecular complexity index is 886. The molecule has 24 heavy (non-hydrogen) atoms. The van der Waals surface area contributed by atoms with Crippen molar-refractivity contribution in [2.45, 2.75) is 38.3 Å². The number of aliphatic hydroxyl groups is 1. The molecule has 1 aliphatic rings. The first-order chi connectivity index (χ1) is 11.6. The Morgan fingerprint density at radius 3 is 2.88 bits per heavy atom. The van der Waals surface area contributed by atoms with Crippen molar-refractivity contribution in [2.24, 2.45) is 0 Å². The number of nitrogens with one attached hydrogen (secondary N) is 1. The van der Waals surface area contributed by atoms with Gasteiger partial charge in [0.05, 0.1) is 18.3 Å².